The van der Waals surface area contributed by atoms with Crippen LogP contribution in [0.4, 0.5) is 0 Å². The standard InChI is InChI=1S/C18H27NO2/c1-2-21-14-8-13-17(20)19-18(16-11-6-7-12-16)15-9-4-3-5-10-15/h3-5,9-10,16,18H,2,6-8,11-14H2,1H3,(H,19,20). The monoisotopic (exact) mass is 289 g/mol. The Morgan fingerprint density at radius 1 is 1.29 bits per heavy atom. The average Bonchev–Trinajstić information content (AvgIpc) is 3.04. The fourth-order valence-corrected chi connectivity index (χ4v) is 3.15. The van der Waals surface area contributed by atoms with Crippen molar-refractivity contribution in [2.75, 3.05) is 13.2 Å². The highest BCUT2D eigenvalue weighted by Crippen LogP contribution is 2.35. The Hall–Kier alpha value is -1.35. The minimum absolute atomic E-state index is 0.149. The molecule has 2 rings (SSSR count). The molecule has 1 amide bonds. The van der Waals surface area contributed by atoms with Gasteiger partial charge in [0.05, 0.1) is 6.04 Å². The van der Waals surface area contributed by atoms with E-state index in [9.17, 15) is 4.79 Å². The van der Waals surface area contributed by atoms with E-state index in [1.54, 1.807) is 0 Å². The molecular weight excluding hydrogens is 262 g/mol. The van der Waals surface area contributed by atoms with Crippen molar-refractivity contribution in [2.24, 2.45) is 5.92 Å². The Morgan fingerprint density at radius 3 is 2.67 bits per heavy atom. The average molecular weight is 289 g/mol. The van der Waals surface area contributed by atoms with E-state index in [1.165, 1.54) is 31.2 Å². The molecule has 1 aromatic rings. The van der Waals surface area contributed by atoms with E-state index in [0.717, 1.165) is 13.0 Å². The highest BCUT2D eigenvalue weighted by molar-refractivity contribution is 5.76. The second kappa shape index (κ2) is 8.83. The normalized spacial score (nSPS) is 16.8. The Bertz CT molecular complexity index is 412. The van der Waals surface area contributed by atoms with Crippen molar-refractivity contribution in [3.8, 4) is 0 Å². The Morgan fingerprint density at radius 2 is 2.00 bits per heavy atom. The van der Waals surface area contributed by atoms with Crippen molar-refractivity contribution < 1.29 is 9.53 Å². The van der Waals surface area contributed by atoms with E-state index >= 15 is 0 Å². The SMILES string of the molecule is CCOCCCC(=O)NC(c1ccccc1)C1CCCC1. The largest absolute Gasteiger partial charge is 0.382 e. The molecule has 0 saturated heterocycles. The predicted octanol–water partition coefficient (Wildman–Crippen LogP) is 3.85. The third-order valence-electron chi connectivity index (χ3n) is 4.24. The first-order valence-corrected chi connectivity index (χ1v) is 8.23. The van der Waals surface area contributed by atoms with Crippen LogP contribution < -0.4 is 5.32 Å². The summed E-state index contributed by atoms with van der Waals surface area (Å²) in [6.45, 7) is 3.37. The summed E-state index contributed by atoms with van der Waals surface area (Å²) in [6, 6.07) is 10.6. The second-order valence-electron chi connectivity index (χ2n) is 5.80. The summed E-state index contributed by atoms with van der Waals surface area (Å²) in [7, 11) is 0. The van der Waals surface area contributed by atoms with Crippen LogP contribution in [-0.2, 0) is 9.53 Å². The molecule has 0 aromatic heterocycles. The van der Waals surface area contributed by atoms with Crippen molar-refractivity contribution in [3.05, 3.63) is 35.9 Å². The number of amides is 1. The summed E-state index contributed by atoms with van der Waals surface area (Å²) in [5, 5.41) is 3.26. The van der Waals surface area contributed by atoms with Gasteiger partial charge in [-0.2, -0.15) is 0 Å². The van der Waals surface area contributed by atoms with Gasteiger partial charge in [0, 0.05) is 19.6 Å². The third kappa shape index (κ3) is 5.16. The number of carbonyl (C=O) groups is 1. The smallest absolute Gasteiger partial charge is 0.220 e. The summed E-state index contributed by atoms with van der Waals surface area (Å²) < 4.78 is 5.29. The molecule has 3 heteroatoms. The van der Waals surface area contributed by atoms with Gasteiger partial charge in [-0.05, 0) is 37.7 Å². The molecule has 1 atom stereocenters. The first kappa shape index (κ1) is 16.0. The second-order valence-corrected chi connectivity index (χ2v) is 5.80. The lowest BCUT2D eigenvalue weighted by atomic mass is 9.91. The van der Waals surface area contributed by atoms with Gasteiger partial charge >= 0.3 is 0 Å². The summed E-state index contributed by atoms with van der Waals surface area (Å²) >= 11 is 0. The molecule has 1 aliphatic rings. The summed E-state index contributed by atoms with van der Waals surface area (Å²) in [6.07, 6.45) is 6.36. The van der Waals surface area contributed by atoms with E-state index in [4.69, 9.17) is 4.74 Å². The van der Waals surface area contributed by atoms with Gasteiger partial charge in [-0.1, -0.05) is 43.2 Å². The van der Waals surface area contributed by atoms with Gasteiger partial charge in [-0.3, -0.25) is 4.79 Å². The molecule has 1 fully saturated rings. The fourth-order valence-electron chi connectivity index (χ4n) is 3.15. The van der Waals surface area contributed by atoms with Gasteiger partial charge in [-0.15, -0.1) is 0 Å². The highest BCUT2D eigenvalue weighted by atomic mass is 16.5. The molecule has 1 saturated carbocycles. The molecule has 1 aliphatic carbocycles. The summed E-state index contributed by atoms with van der Waals surface area (Å²) in [4.78, 5) is 12.2. The maximum absolute atomic E-state index is 12.2. The van der Waals surface area contributed by atoms with Crippen LogP contribution in [0.25, 0.3) is 0 Å². The van der Waals surface area contributed by atoms with E-state index in [1.807, 2.05) is 13.0 Å². The molecule has 0 aliphatic heterocycles. The number of hydrogen-bond donors (Lipinski definition) is 1. The van der Waals surface area contributed by atoms with Crippen LogP contribution in [0.3, 0.4) is 0 Å². The Labute approximate surface area is 128 Å². The lowest BCUT2D eigenvalue weighted by Crippen LogP contribution is -2.32. The van der Waals surface area contributed by atoms with Crippen molar-refractivity contribution in [1.29, 1.82) is 0 Å². The van der Waals surface area contributed by atoms with Gasteiger partial charge < -0.3 is 10.1 Å². The van der Waals surface area contributed by atoms with Crippen LogP contribution in [0.5, 0.6) is 0 Å². The van der Waals surface area contributed by atoms with Crippen molar-refractivity contribution in [3.63, 3.8) is 0 Å². The Balaban J connectivity index is 1.91. The zero-order valence-corrected chi connectivity index (χ0v) is 13.0. The highest BCUT2D eigenvalue weighted by Gasteiger charge is 2.27. The van der Waals surface area contributed by atoms with Crippen LogP contribution in [0.1, 0.15) is 57.1 Å². The zero-order valence-electron chi connectivity index (χ0n) is 13.0. The summed E-state index contributed by atoms with van der Waals surface area (Å²) in [5.41, 5.74) is 1.24. The van der Waals surface area contributed by atoms with E-state index in [-0.39, 0.29) is 11.9 Å². The van der Waals surface area contributed by atoms with Crippen LogP contribution in [0.2, 0.25) is 0 Å². The lowest BCUT2D eigenvalue weighted by molar-refractivity contribution is -0.122. The molecule has 21 heavy (non-hydrogen) atoms. The van der Waals surface area contributed by atoms with Gasteiger partial charge in [0.1, 0.15) is 0 Å². The van der Waals surface area contributed by atoms with Gasteiger partial charge in [0.25, 0.3) is 0 Å². The number of rotatable bonds is 8. The van der Waals surface area contributed by atoms with Crippen LogP contribution >= 0.6 is 0 Å². The summed E-state index contributed by atoms with van der Waals surface area (Å²) in [5.74, 6) is 0.735. The van der Waals surface area contributed by atoms with Crippen molar-refractivity contribution >= 4 is 5.91 Å². The molecule has 0 heterocycles. The number of carbonyl (C=O) groups excluding carboxylic acids is 1. The van der Waals surface area contributed by atoms with E-state index in [0.29, 0.717) is 18.9 Å². The van der Waals surface area contributed by atoms with Crippen LogP contribution in [0.15, 0.2) is 30.3 Å². The molecule has 1 aromatic carbocycles. The molecule has 0 bridgehead atoms. The lowest BCUT2D eigenvalue weighted by Gasteiger charge is -2.25. The number of hydrogen-bond acceptors (Lipinski definition) is 2. The molecule has 1 unspecified atom stereocenters. The first-order valence-electron chi connectivity index (χ1n) is 8.23. The zero-order chi connectivity index (χ0) is 14.9. The molecule has 1 N–H and O–H groups in total. The van der Waals surface area contributed by atoms with Gasteiger partial charge in [0.2, 0.25) is 5.91 Å². The predicted molar refractivity (Wildman–Crippen MR) is 85.0 cm³/mol. The maximum Gasteiger partial charge on any atom is 0.220 e. The number of ether oxygens (including phenoxy) is 1. The van der Waals surface area contributed by atoms with Gasteiger partial charge in [-0.25, -0.2) is 0 Å². The van der Waals surface area contributed by atoms with E-state index in [2.05, 4.69) is 29.6 Å². The Kier molecular flexibility index (Phi) is 6.74. The fraction of sp³-hybridized carbons (Fsp3) is 0.611. The molecule has 116 valence electrons. The topological polar surface area (TPSA) is 38.3 Å². The number of nitrogens with one attached hydrogen (secondary N) is 1. The molecule has 0 spiro atoms. The van der Waals surface area contributed by atoms with E-state index < -0.39 is 0 Å². The van der Waals surface area contributed by atoms with Crippen molar-refractivity contribution in [2.45, 2.75) is 51.5 Å². The van der Waals surface area contributed by atoms with Gasteiger partial charge in [0.15, 0.2) is 0 Å². The molecular formula is C18H27NO2. The number of benzene rings is 1. The minimum atomic E-state index is 0.149. The third-order valence-corrected chi connectivity index (χ3v) is 4.24. The maximum atomic E-state index is 12.2. The molecule has 0 radical (unpaired) electrons. The van der Waals surface area contributed by atoms with Crippen molar-refractivity contribution in [1.82, 2.24) is 5.32 Å². The van der Waals surface area contributed by atoms with Crippen LogP contribution in [0, 0.1) is 5.92 Å². The minimum Gasteiger partial charge on any atom is -0.382 e. The molecule has 3 nitrogen and oxygen atoms in total. The first-order chi connectivity index (χ1) is 10.3. The quantitative estimate of drug-likeness (QED) is 0.738. The van der Waals surface area contributed by atoms with Crippen LogP contribution in [-0.4, -0.2) is 19.1 Å².